The van der Waals surface area contributed by atoms with Crippen LogP contribution in [0.2, 0.25) is 5.02 Å². The number of hydroxylamine groups is 1. The van der Waals surface area contributed by atoms with Gasteiger partial charge in [0.25, 0.3) is 0 Å². The lowest BCUT2D eigenvalue weighted by Crippen LogP contribution is -2.20. The van der Waals surface area contributed by atoms with Gasteiger partial charge < -0.3 is 14.8 Å². The zero-order valence-corrected chi connectivity index (χ0v) is 16.4. The van der Waals surface area contributed by atoms with Gasteiger partial charge in [0, 0.05) is 23.6 Å². The summed E-state index contributed by atoms with van der Waals surface area (Å²) in [6.45, 7) is 0. The third kappa shape index (κ3) is 4.91. The van der Waals surface area contributed by atoms with E-state index in [1.54, 1.807) is 6.07 Å². The monoisotopic (exact) mass is 434 g/mol. The van der Waals surface area contributed by atoms with Gasteiger partial charge in [0.15, 0.2) is 11.5 Å². The highest BCUT2D eigenvalue weighted by Gasteiger charge is 2.16. The van der Waals surface area contributed by atoms with Crippen LogP contribution in [0.25, 0.3) is 10.9 Å². The number of fused-ring (bicyclic) bond motifs is 1. The zero-order chi connectivity index (χ0) is 21.7. The van der Waals surface area contributed by atoms with E-state index in [1.165, 1.54) is 43.2 Å². The molecule has 0 saturated carbocycles. The van der Waals surface area contributed by atoms with Gasteiger partial charge in [0.1, 0.15) is 18.0 Å². The van der Waals surface area contributed by atoms with Crippen LogP contribution in [0.3, 0.4) is 0 Å². The number of halogens is 2. The lowest BCUT2D eigenvalue weighted by molar-refractivity contribution is -0.138. The number of anilines is 2. The van der Waals surface area contributed by atoms with E-state index in [0.717, 1.165) is 0 Å². The van der Waals surface area contributed by atoms with Gasteiger partial charge in [-0.1, -0.05) is 11.6 Å². The highest BCUT2D eigenvalue weighted by atomic mass is 35.5. The second kappa shape index (κ2) is 9.33. The topological polar surface area (TPSA) is 123 Å². The number of aromatic nitrogens is 2. The van der Waals surface area contributed by atoms with Crippen molar-refractivity contribution in [3.8, 4) is 11.5 Å². The van der Waals surface area contributed by atoms with Crippen LogP contribution in [0, 0.1) is 5.82 Å². The van der Waals surface area contributed by atoms with Crippen LogP contribution in [0.4, 0.5) is 15.9 Å². The zero-order valence-electron chi connectivity index (χ0n) is 15.6. The average Bonchev–Trinajstić information content (AvgIpc) is 2.74. The number of hydrogen-bond acceptors (Lipinski definition) is 8. The van der Waals surface area contributed by atoms with Gasteiger partial charge in [0.05, 0.1) is 24.1 Å². The molecule has 0 bridgehead atoms. The molecule has 0 unspecified atom stereocenters. The number of hydrogen-bond donors (Lipinski definition) is 3. The molecule has 0 spiro atoms. The molecule has 156 valence electrons. The first-order valence-electron chi connectivity index (χ1n) is 8.59. The van der Waals surface area contributed by atoms with E-state index >= 15 is 0 Å². The summed E-state index contributed by atoms with van der Waals surface area (Å²) in [4.78, 5) is 31.5. The van der Waals surface area contributed by atoms with Crippen molar-refractivity contribution in [1.29, 1.82) is 0 Å². The number of nitrogens with zero attached hydrogens (tertiary/aromatic N) is 2. The van der Waals surface area contributed by atoms with Crippen molar-refractivity contribution in [2.45, 2.75) is 12.8 Å². The number of benzene rings is 2. The molecule has 30 heavy (non-hydrogen) atoms. The molecule has 0 atom stereocenters. The molecule has 1 aromatic heterocycles. The van der Waals surface area contributed by atoms with Gasteiger partial charge in [-0.2, -0.15) is 0 Å². The van der Waals surface area contributed by atoms with Gasteiger partial charge in [0.2, 0.25) is 5.91 Å². The quantitative estimate of drug-likeness (QED) is 0.224. The summed E-state index contributed by atoms with van der Waals surface area (Å²) in [5, 5.41) is 12.0. The Balaban J connectivity index is 1.92. The Bertz CT molecular complexity index is 1110. The molecule has 0 saturated heterocycles. The number of rotatable bonds is 7. The van der Waals surface area contributed by atoms with Gasteiger partial charge in [-0.15, -0.1) is 0 Å². The van der Waals surface area contributed by atoms with Crippen LogP contribution in [0.15, 0.2) is 36.7 Å². The number of esters is 1. The molecule has 1 amide bonds. The SMILES string of the molecule is COc1cc2ncnc(Nc3ccc(F)c(Cl)c3)c2cc1OC(=O)CCC(=O)NO. The Morgan fingerprint density at radius 2 is 1.97 bits per heavy atom. The Hall–Kier alpha value is -3.50. The first-order valence-corrected chi connectivity index (χ1v) is 8.97. The van der Waals surface area contributed by atoms with Crippen molar-refractivity contribution in [2.75, 3.05) is 12.4 Å². The largest absolute Gasteiger partial charge is 0.493 e. The Kier molecular flexibility index (Phi) is 6.60. The molecular formula is C19H16ClFN4O5. The summed E-state index contributed by atoms with van der Waals surface area (Å²) in [5.41, 5.74) is 2.43. The number of methoxy groups -OCH3 is 1. The van der Waals surface area contributed by atoms with Crippen molar-refractivity contribution < 1.29 is 28.7 Å². The molecule has 11 heteroatoms. The standard InChI is InChI=1S/C19H16ClFN4O5/c1-29-15-8-14-11(7-16(15)30-18(27)5-4-17(26)25-28)19(23-9-22-14)24-10-2-3-13(21)12(20)6-10/h2-3,6-9,28H,4-5H2,1H3,(H,25,26)(H,22,23,24). The minimum absolute atomic E-state index is 0.0541. The summed E-state index contributed by atoms with van der Waals surface area (Å²) in [6, 6.07) is 7.18. The molecule has 3 N–H and O–H groups in total. The van der Waals surface area contributed by atoms with Crippen LogP contribution in [-0.2, 0) is 9.59 Å². The summed E-state index contributed by atoms with van der Waals surface area (Å²) in [7, 11) is 1.40. The molecule has 9 nitrogen and oxygen atoms in total. The summed E-state index contributed by atoms with van der Waals surface area (Å²) >= 11 is 5.82. The second-order valence-corrected chi connectivity index (χ2v) is 6.41. The summed E-state index contributed by atoms with van der Waals surface area (Å²) < 4.78 is 23.9. The minimum Gasteiger partial charge on any atom is -0.493 e. The van der Waals surface area contributed by atoms with E-state index in [0.29, 0.717) is 22.4 Å². The average molecular weight is 435 g/mol. The molecule has 3 rings (SSSR count). The summed E-state index contributed by atoms with van der Waals surface area (Å²) in [5.74, 6) is -1.26. The summed E-state index contributed by atoms with van der Waals surface area (Å²) in [6.07, 6.45) is 0.832. The fourth-order valence-corrected chi connectivity index (χ4v) is 2.74. The van der Waals surface area contributed by atoms with Crippen molar-refractivity contribution >= 4 is 45.9 Å². The van der Waals surface area contributed by atoms with E-state index < -0.39 is 17.7 Å². The Morgan fingerprint density at radius 3 is 2.67 bits per heavy atom. The van der Waals surface area contributed by atoms with Gasteiger partial charge in [-0.05, 0) is 24.3 Å². The van der Waals surface area contributed by atoms with E-state index in [2.05, 4.69) is 15.3 Å². The molecule has 1 heterocycles. The smallest absolute Gasteiger partial charge is 0.311 e. The lowest BCUT2D eigenvalue weighted by atomic mass is 10.2. The fourth-order valence-electron chi connectivity index (χ4n) is 2.56. The maximum Gasteiger partial charge on any atom is 0.311 e. The van der Waals surface area contributed by atoms with Crippen molar-refractivity contribution in [1.82, 2.24) is 15.4 Å². The maximum absolute atomic E-state index is 13.4. The molecule has 0 radical (unpaired) electrons. The van der Waals surface area contributed by atoms with Crippen LogP contribution in [0.1, 0.15) is 12.8 Å². The van der Waals surface area contributed by atoms with Gasteiger partial charge in [-0.25, -0.2) is 19.8 Å². The third-order valence-corrected chi connectivity index (χ3v) is 4.30. The van der Waals surface area contributed by atoms with Crippen LogP contribution >= 0.6 is 11.6 Å². The number of ether oxygens (including phenoxy) is 2. The Labute approximate surface area is 174 Å². The van der Waals surface area contributed by atoms with E-state index in [4.69, 9.17) is 26.3 Å². The molecule has 0 aliphatic carbocycles. The third-order valence-electron chi connectivity index (χ3n) is 4.01. The highest BCUT2D eigenvalue weighted by molar-refractivity contribution is 6.31. The lowest BCUT2D eigenvalue weighted by Gasteiger charge is -2.13. The van der Waals surface area contributed by atoms with Crippen molar-refractivity contribution in [3.63, 3.8) is 0 Å². The Morgan fingerprint density at radius 1 is 1.17 bits per heavy atom. The van der Waals surface area contributed by atoms with E-state index in [-0.39, 0.29) is 29.4 Å². The predicted molar refractivity (Wildman–Crippen MR) is 106 cm³/mol. The number of carbonyl (C=O) groups is 2. The fraction of sp³-hybridized carbons (Fsp3) is 0.158. The van der Waals surface area contributed by atoms with Crippen molar-refractivity contribution in [3.05, 3.63) is 47.5 Å². The number of carbonyl (C=O) groups excluding carboxylic acids is 2. The molecule has 2 aromatic carbocycles. The van der Waals surface area contributed by atoms with Crippen LogP contribution < -0.4 is 20.3 Å². The molecule has 0 fully saturated rings. The van der Waals surface area contributed by atoms with Gasteiger partial charge in [-0.3, -0.25) is 14.8 Å². The first-order chi connectivity index (χ1) is 14.4. The maximum atomic E-state index is 13.4. The first kappa shape index (κ1) is 21.2. The molecule has 0 aliphatic heterocycles. The minimum atomic E-state index is -0.713. The van der Waals surface area contributed by atoms with E-state index in [9.17, 15) is 14.0 Å². The predicted octanol–water partition coefficient (Wildman–Crippen LogP) is 3.37. The van der Waals surface area contributed by atoms with Crippen molar-refractivity contribution in [2.24, 2.45) is 0 Å². The number of nitrogens with one attached hydrogen (secondary N) is 2. The van der Waals surface area contributed by atoms with Crippen LogP contribution in [-0.4, -0.2) is 34.2 Å². The highest BCUT2D eigenvalue weighted by Crippen LogP contribution is 2.35. The molecule has 0 aliphatic rings. The molecule has 3 aromatic rings. The van der Waals surface area contributed by atoms with Crippen LogP contribution in [0.5, 0.6) is 11.5 Å². The normalized spacial score (nSPS) is 10.5. The van der Waals surface area contributed by atoms with E-state index in [1.807, 2.05) is 0 Å². The molecular weight excluding hydrogens is 419 g/mol. The second-order valence-electron chi connectivity index (χ2n) is 6.01. The van der Waals surface area contributed by atoms with Gasteiger partial charge >= 0.3 is 5.97 Å². The number of amides is 1.